The number of nitrogens with zero attached hydrogens (tertiary/aromatic N) is 1. The van der Waals surface area contributed by atoms with Gasteiger partial charge in [-0.15, -0.1) is 0 Å². The van der Waals surface area contributed by atoms with Crippen LogP contribution in [0.2, 0.25) is 0 Å². The van der Waals surface area contributed by atoms with E-state index in [0.29, 0.717) is 23.6 Å². The lowest BCUT2D eigenvalue weighted by atomic mass is 9.98. The number of hydrogen-bond acceptors (Lipinski definition) is 3. The van der Waals surface area contributed by atoms with E-state index in [1.165, 1.54) is 25.2 Å². The Morgan fingerprint density at radius 2 is 1.88 bits per heavy atom. The van der Waals surface area contributed by atoms with E-state index in [2.05, 4.69) is 41.2 Å². The van der Waals surface area contributed by atoms with Gasteiger partial charge in [0.05, 0.1) is 22.6 Å². The van der Waals surface area contributed by atoms with E-state index in [1.54, 1.807) is 19.1 Å². The summed E-state index contributed by atoms with van der Waals surface area (Å²) in [6, 6.07) is 17.1. The van der Waals surface area contributed by atoms with Gasteiger partial charge in [-0.05, 0) is 56.0 Å². The second-order valence-electron chi connectivity index (χ2n) is 8.95. The highest BCUT2D eigenvalue weighted by Crippen LogP contribution is 2.40. The minimum absolute atomic E-state index is 0.168. The van der Waals surface area contributed by atoms with E-state index in [-0.39, 0.29) is 12.5 Å². The first-order valence-corrected chi connectivity index (χ1v) is 13.1. The van der Waals surface area contributed by atoms with Gasteiger partial charge in [0.25, 0.3) is 0 Å². The van der Waals surface area contributed by atoms with E-state index in [4.69, 9.17) is 4.98 Å². The monoisotopic (exact) mass is 479 g/mol. The van der Waals surface area contributed by atoms with E-state index in [1.807, 2.05) is 12.1 Å². The van der Waals surface area contributed by atoms with Gasteiger partial charge in [-0.2, -0.15) is 0 Å². The first-order chi connectivity index (χ1) is 16.3. The van der Waals surface area contributed by atoms with Crippen LogP contribution in [0.5, 0.6) is 0 Å². The van der Waals surface area contributed by atoms with Crippen molar-refractivity contribution >= 4 is 16.9 Å². The summed E-state index contributed by atoms with van der Waals surface area (Å²) in [6.45, 7) is 4.33. The molecule has 0 aliphatic heterocycles. The van der Waals surface area contributed by atoms with Crippen LogP contribution in [0.25, 0.3) is 11.3 Å². The fraction of sp³-hybridized carbons (Fsp3) is 0.333. The molecule has 1 aliphatic rings. The highest BCUT2D eigenvalue weighted by molar-refractivity contribution is 7.82. The molecule has 3 aromatic rings. The number of aryl methyl sites for hydroxylation is 1. The maximum absolute atomic E-state index is 14.5. The number of amides is 1. The molecule has 2 N–H and O–H groups in total. The summed E-state index contributed by atoms with van der Waals surface area (Å²) in [6.07, 6.45) is 3.85. The average Bonchev–Trinajstić information content (AvgIpc) is 3.66. The van der Waals surface area contributed by atoms with Crippen LogP contribution in [0.15, 0.2) is 54.6 Å². The zero-order valence-electron chi connectivity index (χ0n) is 19.7. The van der Waals surface area contributed by atoms with Crippen LogP contribution >= 0.6 is 0 Å². The van der Waals surface area contributed by atoms with Gasteiger partial charge >= 0.3 is 0 Å². The Labute approximate surface area is 202 Å². The summed E-state index contributed by atoms with van der Waals surface area (Å²) in [4.78, 5) is 17.9. The molecule has 0 bridgehead atoms. The zero-order chi connectivity index (χ0) is 24.2. The Bertz CT molecular complexity index is 1230. The number of halogens is 1. The molecule has 0 saturated heterocycles. The lowest BCUT2D eigenvalue weighted by molar-refractivity contribution is -0.122. The molecule has 0 radical (unpaired) electrons. The van der Waals surface area contributed by atoms with Crippen LogP contribution in [-0.4, -0.2) is 21.4 Å². The van der Waals surface area contributed by atoms with Crippen molar-refractivity contribution in [3.8, 4) is 11.3 Å². The summed E-state index contributed by atoms with van der Waals surface area (Å²) < 4.78 is 28.4. The highest BCUT2D eigenvalue weighted by atomic mass is 32.2. The molecule has 1 aliphatic carbocycles. The van der Waals surface area contributed by atoms with Gasteiger partial charge in [-0.25, -0.2) is 13.3 Å². The minimum Gasteiger partial charge on any atom is -0.351 e. The molecule has 5 nitrogen and oxygen atoms in total. The molecule has 4 rings (SSSR count). The molecule has 1 saturated carbocycles. The Kier molecular flexibility index (Phi) is 7.54. The fourth-order valence-electron chi connectivity index (χ4n) is 3.94. The maximum Gasteiger partial charge on any atom is 0.227 e. The first-order valence-electron chi connectivity index (χ1n) is 11.5. The third-order valence-electron chi connectivity index (χ3n) is 6.18. The summed E-state index contributed by atoms with van der Waals surface area (Å²) >= 11 is 0. The molecule has 7 heteroatoms. The fourth-order valence-corrected chi connectivity index (χ4v) is 4.30. The van der Waals surface area contributed by atoms with Crippen LogP contribution in [0.4, 0.5) is 4.39 Å². The molecule has 2 aromatic carbocycles. The van der Waals surface area contributed by atoms with Crippen molar-refractivity contribution in [2.45, 2.75) is 51.6 Å². The van der Waals surface area contributed by atoms with E-state index < -0.39 is 22.7 Å². The van der Waals surface area contributed by atoms with Crippen molar-refractivity contribution in [2.75, 3.05) is 6.26 Å². The van der Waals surface area contributed by atoms with Crippen molar-refractivity contribution in [3.63, 3.8) is 0 Å². The smallest absolute Gasteiger partial charge is 0.227 e. The molecule has 178 valence electrons. The zero-order valence-corrected chi connectivity index (χ0v) is 20.5. The van der Waals surface area contributed by atoms with Gasteiger partial charge < -0.3 is 5.32 Å². The lowest BCUT2D eigenvalue weighted by Gasteiger charge is -2.16. The second kappa shape index (κ2) is 10.6. The van der Waals surface area contributed by atoms with Gasteiger partial charge in [0.1, 0.15) is 5.82 Å². The molecule has 2 unspecified atom stereocenters. The summed E-state index contributed by atoms with van der Waals surface area (Å²) in [7, 11) is -1.22. The number of benzene rings is 2. The Hall–Kier alpha value is -2.90. The van der Waals surface area contributed by atoms with Crippen molar-refractivity contribution in [2.24, 2.45) is 0 Å². The summed E-state index contributed by atoms with van der Waals surface area (Å²) in [5.41, 5.74) is 6.17. The van der Waals surface area contributed by atoms with Crippen LogP contribution in [0, 0.1) is 12.7 Å². The first kappa shape index (κ1) is 24.2. The van der Waals surface area contributed by atoms with E-state index in [0.717, 1.165) is 28.1 Å². The van der Waals surface area contributed by atoms with Crippen LogP contribution < -0.4 is 10.0 Å². The number of carbonyl (C=O) groups excluding carboxylic acids is 1. The number of hydrogen-bond donors (Lipinski definition) is 2. The second-order valence-corrected chi connectivity index (χ2v) is 10.2. The van der Waals surface area contributed by atoms with Crippen LogP contribution in [-0.2, 0) is 28.9 Å². The largest absolute Gasteiger partial charge is 0.351 e. The third-order valence-corrected chi connectivity index (χ3v) is 6.73. The standard InChI is InChI=1S/C27H30FN3O2S/c1-17-5-4-6-21(13-17)26-23(11-12-25(31-26)19-7-8-19)15-29-27(32)18(2)20-9-10-22(24(28)14-20)16-30-34(3)33/h4-6,9-14,18-19,30H,7-8,15-16H2,1-3H3,(H,29,32). The van der Waals surface area contributed by atoms with Crippen molar-refractivity contribution < 1.29 is 13.4 Å². The molecular formula is C27H30FN3O2S. The normalized spacial score (nSPS) is 15.1. The number of aromatic nitrogens is 1. The molecular weight excluding hydrogens is 449 g/mol. The van der Waals surface area contributed by atoms with Gasteiger partial charge in [0.2, 0.25) is 5.91 Å². The molecule has 0 spiro atoms. The van der Waals surface area contributed by atoms with Crippen molar-refractivity contribution in [1.29, 1.82) is 0 Å². The molecule has 1 aromatic heterocycles. The topological polar surface area (TPSA) is 71.1 Å². The van der Waals surface area contributed by atoms with Crippen molar-refractivity contribution in [3.05, 3.63) is 88.4 Å². The van der Waals surface area contributed by atoms with E-state index >= 15 is 0 Å². The predicted molar refractivity (Wildman–Crippen MR) is 134 cm³/mol. The average molecular weight is 480 g/mol. The summed E-state index contributed by atoms with van der Waals surface area (Å²) in [5.74, 6) is -0.575. The van der Waals surface area contributed by atoms with Gasteiger partial charge in [0.15, 0.2) is 0 Å². The van der Waals surface area contributed by atoms with Crippen molar-refractivity contribution in [1.82, 2.24) is 15.0 Å². The molecule has 1 amide bonds. The van der Waals surface area contributed by atoms with Crippen LogP contribution in [0.1, 0.15) is 59.5 Å². The number of pyridine rings is 1. The number of nitrogens with one attached hydrogen (secondary N) is 2. The lowest BCUT2D eigenvalue weighted by Crippen LogP contribution is -2.28. The molecule has 1 fully saturated rings. The number of rotatable bonds is 9. The molecule has 34 heavy (non-hydrogen) atoms. The minimum atomic E-state index is -1.22. The molecule has 2 atom stereocenters. The predicted octanol–water partition coefficient (Wildman–Crippen LogP) is 4.88. The van der Waals surface area contributed by atoms with Gasteiger partial charge in [-0.1, -0.05) is 42.0 Å². The SMILES string of the molecule is Cc1cccc(-c2nc(C3CC3)ccc2CNC(=O)C(C)c2ccc(CNS(C)=O)c(F)c2)c1. The quantitative estimate of drug-likeness (QED) is 0.460. The Morgan fingerprint density at radius 1 is 1.12 bits per heavy atom. The Morgan fingerprint density at radius 3 is 2.56 bits per heavy atom. The van der Waals surface area contributed by atoms with Gasteiger partial charge in [0, 0.05) is 42.1 Å². The number of carbonyl (C=O) groups is 1. The van der Waals surface area contributed by atoms with E-state index in [9.17, 15) is 13.4 Å². The maximum atomic E-state index is 14.5. The highest BCUT2D eigenvalue weighted by Gasteiger charge is 2.26. The summed E-state index contributed by atoms with van der Waals surface area (Å²) in [5, 5.41) is 3.01. The van der Waals surface area contributed by atoms with Crippen LogP contribution in [0.3, 0.4) is 0 Å². The Balaban J connectivity index is 1.48. The molecule has 1 heterocycles. The van der Waals surface area contributed by atoms with Gasteiger partial charge in [-0.3, -0.25) is 9.78 Å². The third kappa shape index (κ3) is 5.96.